The van der Waals surface area contributed by atoms with Crippen molar-refractivity contribution in [2.45, 2.75) is 26.2 Å². The van der Waals surface area contributed by atoms with Gasteiger partial charge in [-0.15, -0.1) is 11.3 Å². The first kappa shape index (κ1) is 19.2. The quantitative estimate of drug-likeness (QED) is 0.629. The van der Waals surface area contributed by atoms with Gasteiger partial charge in [-0.2, -0.15) is 0 Å². The van der Waals surface area contributed by atoms with Crippen LogP contribution in [0.5, 0.6) is 5.75 Å². The van der Waals surface area contributed by atoms with E-state index in [4.69, 9.17) is 21.1 Å². The predicted octanol–water partition coefficient (Wildman–Crippen LogP) is 4.85. The zero-order valence-corrected chi connectivity index (χ0v) is 17.2. The van der Waals surface area contributed by atoms with Gasteiger partial charge in [0.2, 0.25) is 0 Å². The molecule has 8 heteroatoms. The Hall–Kier alpha value is -1.57. The maximum Gasteiger partial charge on any atom is 0.341 e. The Morgan fingerprint density at radius 3 is 2.88 bits per heavy atom. The highest BCUT2D eigenvalue weighted by Gasteiger charge is 2.28. The van der Waals surface area contributed by atoms with Gasteiger partial charge in [0.1, 0.15) is 10.8 Å². The van der Waals surface area contributed by atoms with Crippen LogP contribution in [0, 0.1) is 0 Å². The summed E-state index contributed by atoms with van der Waals surface area (Å²) < 4.78 is 11.3. The van der Waals surface area contributed by atoms with E-state index in [1.54, 1.807) is 25.1 Å². The van der Waals surface area contributed by atoms with Gasteiger partial charge >= 0.3 is 5.97 Å². The second-order valence-electron chi connectivity index (χ2n) is 5.69. The van der Waals surface area contributed by atoms with Crippen LogP contribution in [-0.4, -0.2) is 25.1 Å². The van der Waals surface area contributed by atoms with Crippen LogP contribution in [0.15, 0.2) is 22.7 Å². The number of nitrogens with one attached hydrogen (secondary N) is 1. The maximum absolute atomic E-state index is 12.3. The summed E-state index contributed by atoms with van der Waals surface area (Å²) in [6, 6.07) is 5.06. The molecule has 0 unspecified atom stereocenters. The van der Waals surface area contributed by atoms with Crippen LogP contribution in [0.2, 0.25) is 5.02 Å². The van der Waals surface area contributed by atoms with Crippen LogP contribution < -0.4 is 10.1 Å². The van der Waals surface area contributed by atoms with Gasteiger partial charge in [0, 0.05) is 9.90 Å². The van der Waals surface area contributed by atoms with Gasteiger partial charge in [0.15, 0.2) is 6.61 Å². The molecule has 5 nitrogen and oxygen atoms in total. The SMILES string of the molecule is CCOC(=O)c1c(NC(=O)COc2ccc(Cl)cc2Br)sc2c1CCC2. The van der Waals surface area contributed by atoms with Crippen LogP contribution in [-0.2, 0) is 22.4 Å². The Bertz CT molecular complexity index is 852. The lowest BCUT2D eigenvalue weighted by atomic mass is 10.1. The van der Waals surface area contributed by atoms with Crippen LogP contribution >= 0.6 is 38.9 Å². The average molecular weight is 459 g/mol. The summed E-state index contributed by atoms with van der Waals surface area (Å²) in [6.45, 7) is 1.89. The first-order valence-corrected chi connectivity index (χ1v) is 10.2. The van der Waals surface area contributed by atoms with Gasteiger partial charge in [-0.3, -0.25) is 4.79 Å². The van der Waals surface area contributed by atoms with Gasteiger partial charge < -0.3 is 14.8 Å². The summed E-state index contributed by atoms with van der Waals surface area (Å²) >= 11 is 10.7. The summed E-state index contributed by atoms with van der Waals surface area (Å²) in [5, 5.41) is 3.90. The standard InChI is InChI=1S/C18H17BrClNO4S/c1-2-24-18(23)16-11-4-3-5-14(11)26-17(16)21-15(22)9-25-13-7-6-10(20)8-12(13)19/h6-8H,2-5,9H2,1H3,(H,21,22). The highest BCUT2D eigenvalue weighted by molar-refractivity contribution is 9.10. The molecule has 138 valence electrons. The van der Waals surface area contributed by atoms with Gasteiger partial charge in [0.25, 0.3) is 5.91 Å². The number of thiophene rings is 1. The van der Waals surface area contributed by atoms with Gasteiger partial charge in [0.05, 0.1) is 16.6 Å². The molecule has 1 aliphatic rings. The molecular formula is C18H17BrClNO4S. The van der Waals surface area contributed by atoms with Crippen molar-refractivity contribution in [3.8, 4) is 5.75 Å². The number of anilines is 1. The van der Waals surface area contributed by atoms with E-state index in [9.17, 15) is 9.59 Å². The second-order valence-corrected chi connectivity index (χ2v) is 8.09. The van der Waals surface area contributed by atoms with Crippen molar-refractivity contribution in [3.63, 3.8) is 0 Å². The van der Waals surface area contributed by atoms with E-state index in [0.29, 0.717) is 32.4 Å². The molecule has 1 amide bonds. The Morgan fingerprint density at radius 1 is 1.35 bits per heavy atom. The molecule has 1 aromatic heterocycles. The summed E-state index contributed by atoms with van der Waals surface area (Å²) in [5.41, 5.74) is 1.50. The molecule has 0 bridgehead atoms. The molecule has 1 heterocycles. The van der Waals surface area contributed by atoms with E-state index in [0.717, 1.165) is 29.7 Å². The minimum absolute atomic E-state index is 0.176. The Morgan fingerprint density at radius 2 is 2.15 bits per heavy atom. The predicted molar refractivity (Wildman–Crippen MR) is 106 cm³/mol. The fraction of sp³-hybridized carbons (Fsp3) is 0.333. The zero-order chi connectivity index (χ0) is 18.7. The van der Waals surface area contributed by atoms with Crippen LogP contribution in [0.1, 0.15) is 34.1 Å². The van der Waals surface area contributed by atoms with E-state index in [1.807, 2.05) is 0 Å². The molecule has 1 aromatic carbocycles. The smallest absolute Gasteiger partial charge is 0.341 e. The average Bonchev–Trinajstić information content (AvgIpc) is 3.14. The van der Waals surface area contributed by atoms with Crippen molar-refractivity contribution in [3.05, 3.63) is 43.7 Å². The third-order valence-corrected chi connectivity index (χ3v) is 5.97. The molecule has 0 saturated heterocycles. The largest absolute Gasteiger partial charge is 0.483 e. The van der Waals surface area contributed by atoms with E-state index >= 15 is 0 Å². The highest BCUT2D eigenvalue weighted by Crippen LogP contribution is 2.39. The first-order chi connectivity index (χ1) is 12.5. The topological polar surface area (TPSA) is 64.6 Å². The Kier molecular flexibility index (Phi) is 6.21. The van der Waals surface area contributed by atoms with Crippen molar-refractivity contribution in [2.75, 3.05) is 18.5 Å². The van der Waals surface area contributed by atoms with Gasteiger partial charge in [-0.05, 0) is 65.9 Å². The fourth-order valence-corrected chi connectivity index (χ4v) is 4.90. The van der Waals surface area contributed by atoms with Crippen molar-refractivity contribution in [1.29, 1.82) is 0 Å². The number of aryl methyl sites for hydroxylation is 1. The summed E-state index contributed by atoms with van der Waals surface area (Å²) in [4.78, 5) is 25.8. The number of halogens is 2. The molecule has 3 rings (SSSR count). The number of carbonyl (C=O) groups is 2. The summed E-state index contributed by atoms with van der Waals surface area (Å²) in [7, 11) is 0. The minimum atomic E-state index is -0.386. The molecule has 26 heavy (non-hydrogen) atoms. The molecule has 0 atom stereocenters. The normalized spacial score (nSPS) is 12.6. The molecule has 0 fully saturated rings. The van der Waals surface area contributed by atoms with Crippen molar-refractivity contribution >= 4 is 55.7 Å². The number of hydrogen-bond donors (Lipinski definition) is 1. The zero-order valence-electron chi connectivity index (χ0n) is 14.1. The van der Waals surface area contributed by atoms with E-state index in [1.165, 1.54) is 11.3 Å². The van der Waals surface area contributed by atoms with Crippen LogP contribution in [0.4, 0.5) is 5.00 Å². The number of carbonyl (C=O) groups excluding carboxylic acids is 2. The lowest BCUT2D eigenvalue weighted by Gasteiger charge is -2.10. The number of hydrogen-bond acceptors (Lipinski definition) is 5. The molecule has 1 aliphatic carbocycles. The summed E-state index contributed by atoms with van der Waals surface area (Å²) in [5.74, 6) is -0.204. The fourth-order valence-electron chi connectivity index (χ4n) is 2.81. The van der Waals surface area contributed by atoms with E-state index in [2.05, 4.69) is 21.2 Å². The van der Waals surface area contributed by atoms with Gasteiger partial charge in [-0.1, -0.05) is 11.6 Å². The van der Waals surface area contributed by atoms with E-state index in [-0.39, 0.29) is 18.5 Å². The third kappa shape index (κ3) is 4.22. The van der Waals surface area contributed by atoms with Crippen LogP contribution in [0.25, 0.3) is 0 Å². The second kappa shape index (κ2) is 8.41. The molecule has 2 aromatic rings. The van der Waals surface area contributed by atoms with Crippen LogP contribution in [0.3, 0.4) is 0 Å². The molecule has 1 N–H and O–H groups in total. The Labute approximate surface area is 168 Å². The summed E-state index contributed by atoms with van der Waals surface area (Å²) in [6.07, 6.45) is 2.79. The lowest BCUT2D eigenvalue weighted by Crippen LogP contribution is -2.21. The molecule has 0 saturated carbocycles. The Balaban J connectivity index is 1.70. The highest BCUT2D eigenvalue weighted by atomic mass is 79.9. The molecule has 0 spiro atoms. The van der Waals surface area contributed by atoms with Crippen molar-refractivity contribution in [1.82, 2.24) is 0 Å². The number of amides is 1. The van der Waals surface area contributed by atoms with Gasteiger partial charge in [-0.25, -0.2) is 4.79 Å². The minimum Gasteiger partial charge on any atom is -0.483 e. The molecule has 0 aliphatic heterocycles. The monoisotopic (exact) mass is 457 g/mol. The first-order valence-electron chi connectivity index (χ1n) is 8.19. The van der Waals surface area contributed by atoms with Crippen molar-refractivity contribution < 1.29 is 19.1 Å². The molecule has 0 radical (unpaired) electrons. The maximum atomic E-state index is 12.3. The number of esters is 1. The van der Waals surface area contributed by atoms with Crippen molar-refractivity contribution in [2.24, 2.45) is 0 Å². The third-order valence-electron chi connectivity index (χ3n) is 3.91. The van der Waals surface area contributed by atoms with E-state index < -0.39 is 0 Å². The number of benzene rings is 1. The molecular weight excluding hydrogens is 442 g/mol. The number of ether oxygens (including phenoxy) is 2. The number of rotatable bonds is 6. The number of fused-ring (bicyclic) bond motifs is 1. The lowest BCUT2D eigenvalue weighted by molar-refractivity contribution is -0.118.